The van der Waals surface area contributed by atoms with Gasteiger partial charge < -0.3 is 10.1 Å². The number of aromatic nitrogens is 3. The molecule has 0 aliphatic carbocycles. The number of halogens is 1. The largest absolute Gasteiger partial charge is 0.451 e. The Balaban J connectivity index is 1.43. The molecule has 0 aliphatic heterocycles. The molecule has 0 bridgehead atoms. The van der Waals surface area contributed by atoms with Crippen LogP contribution in [-0.2, 0) is 9.53 Å². The number of esters is 1. The molecule has 28 heavy (non-hydrogen) atoms. The first kappa shape index (κ1) is 18.1. The Morgan fingerprint density at radius 2 is 2.04 bits per heavy atom. The smallest absolute Gasteiger partial charge is 0.348 e. The van der Waals surface area contributed by atoms with E-state index in [2.05, 4.69) is 15.4 Å². The van der Waals surface area contributed by atoms with E-state index < -0.39 is 18.5 Å². The molecule has 4 rings (SSSR count). The van der Waals surface area contributed by atoms with Gasteiger partial charge in [-0.15, -0.1) is 11.3 Å². The maximum atomic E-state index is 12.3. The van der Waals surface area contributed by atoms with Gasteiger partial charge in [0, 0.05) is 9.72 Å². The fourth-order valence-electron chi connectivity index (χ4n) is 2.61. The predicted molar refractivity (Wildman–Crippen MR) is 107 cm³/mol. The lowest BCUT2D eigenvalue weighted by molar-refractivity contribution is -0.119. The molecule has 0 spiro atoms. The van der Waals surface area contributed by atoms with E-state index in [0.29, 0.717) is 21.3 Å². The molecule has 0 saturated carbocycles. The average molecular weight is 413 g/mol. The molecule has 4 aromatic rings. The quantitative estimate of drug-likeness (QED) is 0.502. The number of fused-ring (bicyclic) bond motifs is 1. The number of rotatable bonds is 5. The van der Waals surface area contributed by atoms with Gasteiger partial charge in [-0.05, 0) is 35.7 Å². The molecule has 9 heteroatoms. The van der Waals surface area contributed by atoms with E-state index in [0.717, 1.165) is 10.1 Å². The van der Waals surface area contributed by atoms with E-state index >= 15 is 0 Å². The summed E-state index contributed by atoms with van der Waals surface area (Å²) in [6, 6.07) is 14.4. The van der Waals surface area contributed by atoms with Crippen LogP contribution >= 0.6 is 22.9 Å². The molecule has 7 nitrogen and oxygen atoms in total. The second kappa shape index (κ2) is 7.79. The average Bonchev–Trinajstić information content (AvgIpc) is 3.36. The summed E-state index contributed by atoms with van der Waals surface area (Å²) >= 11 is 7.35. The lowest BCUT2D eigenvalue weighted by Gasteiger charge is -2.11. The van der Waals surface area contributed by atoms with E-state index in [1.54, 1.807) is 24.3 Å². The summed E-state index contributed by atoms with van der Waals surface area (Å²) in [6.45, 7) is -0.420. The number of hydrogen-bond donors (Lipinski definition) is 1. The highest BCUT2D eigenvalue weighted by atomic mass is 35.5. The number of anilines is 1. The van der Waals surface area contributed by atoms with Crippen LogP contribution in [0, 0.1) is 0 Å². The summed E-state index contributed by atoms with van der Waals surface area (Å²) in [7, 11) is 0. The van der Waals surface area contributed by atoms with Gasteiger partial charge in [0.15, 0.2) is 6.61 Å². The zero-order valence-corrected chi connectivity index (χ0v) is 15.9. The molecule has 0 unspecified atom stereocenters. The maximum absolute atomic E-state index is 12.3. The van der Waals surface area contributed by atoms with Crippen molar-refractivity contribution in [1.82, 2.24) is 14.8 Å². The van der Waals surface area contributed by atoms with Crippen molar-refractivity contribution < 1.29 is 14.3 Å². The van der Waals surface area contributed by atoms with E-state index in [-0.39, 0.29) is 0 Å². The fourth-order valence-corrected chi connectivity index (χ4v) is 3.74. The van der Waals surface area contributed by atoms with Crippen molar-refractivity contribution >= 4 is 50.6 Å². The van der Waals surface area contributed by atoms with Crippen LogP contribution < -0.4 is 5.32 Å². The zero-order chi connectivity index (χ0) is 19.5. The van der Waals surface area contributed by atoms with Crippen molar-refractivity contribution in [2.75, 3.05) is 11.9 Å². The topological polar surface area (TPSA) is 86.1 Å². The SMILES string of the molecule is O=C(COC(=O)c1cc2ccccc2s1)Nc1cc(Cl)ccc1-n1cncn1. The van der Waals surface area contributed by atoms with Gasteiger partial charge in [-0.3, -0.25) is 4.79 Å². The number of nitrogens with one attached hydrogen (secondary N) is 1. The Bertz CT molecular complexity index is 1120. The molecule has 0 atom stereocenters. The van der Waals surface area contributed by atoms with Crippen LogP contribution in [0.1, 0.15) is 9.67 Å². The van der Waals surface area contributed by atoms with Crippen molar-refractivity contribution in [1.29, 1.82) is 0 Å². The minimum Gasteiger partial charge on any atom is -0.451 e. The van der Waals surface area contributed by atoms with Crippen LogP contribution in [0.3, 0.4) is 0 Å². The summed E-state index contributed by atoms with van der Waals surface area (Å²) in [5.41, 5.74) is 1.02. The molecule has 0 aliphatic rings. The van der Waals surface area contributed by atoms with Crippen molar-refractivity contribution in [2.24, 2.45) is 0 Å². The molecular weight excluding hydrogens is 400 g/mol. The second-order valence-electron chi connectivity index (χ2n) is 5.77. The second-order valence-corrected chi connectivity index (χ2v) is 7.29. The number of thiophene rings is 1. The first-order valence-corrected chi connectivity index (χ1v) is 9.40. The standard InChI is InChI=1S/C19H13ClN4O3S/c20-13-5-6-15(24-11-21-10-22-24)14(8-13)23-18(25)9-27-19(26)17-7-12-3-1-2-4-16(12)28-17/h1-8,10-11H,9H2,(H,23,25). The van der Waals surface area contributed by atoms with Crippen LogP contribution in [-0.4, -0.2) is 33.2 Å². The number of nitrogens with zero attached hydrogens (tertiary/aromatic N) is 3. The van der Waals surface area contributed by atoms with Gasteiger partial charge >= 0.3 is 5.97 Å². The molecule has 2 aromatic carbocycles. The number of carbonyl (C=O) groups excluding carboxylic acids is 2. The molecular formula is C19H13ClN4O3S. The van der Waals surface area contributed by atoms with Crippen LogP contribution in [0.4, 0.5) is 5.69 Å². The zero-order valence-electron chi connectivity index (χ0n) is 14.3. The van der Waals surface area contributed by atoms with E-state index in [1.807, 2.05) is 24.3 Å². The lowest BCUT2D eigenvalue weighted by Crippen LogP contribution is -2.21. The van der Waals surface area contributed by atoms with Crippen LogP contribution in [0.5, 0.6) is 0 Å². The Labute approximate surface area is 168 Å². The summed E-state index contributed by atoms with van der Waals surface area (Å²) in [6.07, 6.45) is 2.88. The van der Waals surface area contributed by atoms with E-state index in [9.17, 15) is 9.59 Å². The summed E-state index contributed by atoms with van der Waals surface area (Å²) < 4.78 is 7.62. The van der Waals surface area contributed by atoms with Crippen molar-refractivity contribution in [2.45, 2.75) is 0 Å². The monoisotopic (exact) mass is 412 g/mol. The molecule has 0 radical (unpaired) electrons. The van der Waals surface area contributed by atoms with E-state index in [1.165, 1.54) is 28.7 Å². The van der Waals surface area contributed by atoms with Gasteiger partial charge in [-0.25, -0.2) is 14.5 Å². The van der Waals surface area contributed by atoms with Crippen LogP contribution in [0.2, 0.25) is 5.02 Å². The third-order valence-electron chi connectivity index (χ3n) is 3.86. The Hall–Kier alpha value is -3.23. The Kier molecular flexibility index (Phi) is 5.05. The third kappa shape index (κ3) is 3.88. The fraction of sp³-hybridized carbons (Fsp3) is 0.0526. The van der Waals surface area contributed by atoms with Gasteiger partial charge in [0.2, 0.25) is 0 Å². The summed E-state index contributed by atoms with van der Waals surface area (Å²) in [5, 5.41) is 8.14. The van der Waals surface area contributed by atoms with Crippen molar-refractivity contribution in [3.63, 3.8) is 0 Å². The summed E-state index contributed by atoms with van der Waals surface area (Å²) in [5.74, 6) is -1.03. The van der Waals surface area contributed by atoms with Crippen molar-refractivity contribution in [3.8, 4) is 5.69 Å². The van der Waals surface area contributed by atoms with E-state index in [4.69, 9.17) is 16.3 Å². The van der Waals surface area contributed by atoms with Gasteiger partial charge in [0.25, 0.3) is 5.91 Å². The number of hydrogen-bond acceptors (Lipinski definition) is 6. The number of amides is 1. The molecule has 1 N–H and O–H groups in total. The van der Waals surface area contributed by atoms with Gasteiger partial charge in [0.1, 0.15) is 17.5 Å². The normalized spacial score (nSPS) is 10.8. The van der Waals surface area contributed by atoms with Crippen LogP contribution in [0.15, 0.2) is 61.2 Å². The Morgan fingerprint density at radius 1 is 1.18 bits per heavy atom. The minimum atomic E-state index is -0.543. The maximum Gasteiger partial charge on any atom is 0.348 e. The van der Waals surface area contributed by atoms with Gasteiger partial charge in [0.05, 0.1) is 11.4 Å². The highest BCUT2D eigenvalue weighted by Gasteiger charge is 2.15. The molecule has 140 valence electrons. The van der Waals surface area contributed by atoms with Gasteiger partial charge in [-0.1, -0.05) is 29.8 Å². The first-order valence-electron chi connectivity index (χ1n) is 8.20. The highest BCUT2D eigenvalue weighted by molar-refractivity contribution is 7.20. The number of benzene rings is 2. The van der Waals surface area contributed by atoms with Crippen molar-refractivity contribution in [3.05, 3.63) is 71.1 Å². The van der Waals surface area contributed by atoms with Gasteiger partial charge in [-0.2, -0.15) is 5.10 Å². The third-order valence-corrected chi connectivity index (χ3v) is 5.19. The molecule has 2 heterocycles. The molecule has 0 saturated heterocycles. The first-order chi connectivity index (χ1) is 13.6. The molecule has 2 aromatic heterocycles. The Morgan fingerprint density at radius 3 is 2.82 bits per heavy atom. The minimum absolute atomic E-state index is 0.420. The lowest BCUT2D eigenvalue weighted by atomic mass is 10.2. The number of ether oxygens (including phenoxy) is 1. The number of carbonyl (C=O) groups is 2. The van der Waals surface area contributed by atoms with Crippen LogP contribution in [0.25, 0.3) is 15.8 Å². The predicted octanol–water partition coefficient (Wildman–Crippen LogP) is 3.93. The highest BCUT2D eigenvalue weighted by Crippen LogP contribution is 2.26. The molecule has 1 amide bonds. The molecule has 0 fully saturated rings. The summed E-state index contributed by atoms with van der Waals surface area (Å²) in [4.78, 5) is 28.9.